The van der Waals surface area contributed by atoms with Gasteiger partial charge in [0.05, 0.1) is 12.2 Å². The molecule has 0 spiro atoms. The van der Waals surface area contributed by atoms with Gasteiger partial charge >= 0.3 is 6.03 Å². The van der Waals surface area contributed by atoms with Gasteiger partial charge in [-0.05, 0) is 25.0 Å². The van der Waals surface area contributed by atoms with E-state index >= 15 is 0 Å². The molecule has 0 radical (unpaired) electrons. The zero-order chi connectivity index (χ0) is 17.8. The molecule has 1 aliphatic carbocycles. The molecule has 2 amide bonds. The maximum atomic E-state index is 12.2. The van der Waals surface area contributed by atoms with Crippen molar-refractivity contribution < 1.29 is 9.32 Å². The van der Waals surface area contributed by atoms with Crippen LogP contribution in [-0.4, -0.2) is 21.2 Å². The van der Waals surface area contributed by atoms with Gasteiger partial charge in [0.2, 0.25) is 5.89 Å². The third kappa shape index (κ3) is 3.66. The van der Waals surface area contributed by atoms with E-state index in [1.165, 1.54) is 19.3 Å². The van der Waals surface area contributed by atoms with E-state index in [4.69, 9.17) is 4.52 Å². The molecule has 0 atom stereocenters. The Morgan fingerprint density at radius 3 is 2.96 bits per heavy atom. The SMILES string of the molecule is O=C(NCc1nc(C2CCCCC2)no1)Nc1cccc2cnccc12. The quantitative estimate of drug-likeness (QED) is 0.741. The Hall–Kier alpha value is -2.96. The molecule has 7 nitrogen and oxygen atoms in total. The highest BCUT2D eigenvalue weighted by Crippen LogP contribution is 2.30. The van der Waals surface area contributed by atoms with Crippen molar-refractivity contribution in [2.75, 3.05) is 5.32 Å². The lowest BCUT2D eigenvalue weighted by atomic mass is 9.89. The molecule has 0 bridgehead atoms. The number of benzene rings is 1. The molecule has 0 unspecified atom stereocenters. The summed E-state index contributed by atoms with van der Waals surface area (Å²) in [6.07, 6.45) is 9.42. The number of carbonyl (C=O) groups is 1. The lowest BCUT2D eigenvalue weighted by Gasteiger charge is -2.17. The third-order valence-corrected chi connectivity index (χ3v) is 4.78. The number of urea groups is 1. The lowest BCUT2D eigenvalue weighted by molar-refractivity contribution is 0.249. The molecule has 2 aromatic heterocycles. The van der Waals surface area contributed by atoms with Gasteiger partial charge in [-0.3, -0.25) is 4.98 Å². The van der Waals surface area contributed by atoms with Gasteiger partial charge in [0.15, 0.2) is 5.82 Å². The van der Waals surface area contributed by atoms with Gasteiger partial charge in [0.1, 0.15) is 0 Å². The topological polar surface area (TPSA) is 92.9 Å². The summed E-state index contributed by atoms with van der Waals surface area (Å²) in [5, 5.41) is 11.6. The van der Waals surface area contributed by atoms with E-state index in [9.17, 15) is 4.79 Å². The van der Waals surface area contributed by atoms with Crippen LogP contribution in [0.2, 0.25) is 0 Å². The average Bonchev–Trinajstić information content (AvgIpc) is 3.17. The second-order valence-corrected chi connectivity index (χ2v) is 6.59. The lowest BCUT2D eigenvalue weighted by Crippen LogP contribution is -2.28. The molecule has 26 heavy (non-hydrogen) atoms. The highest BCUT2D eigenvalue weighted by atomic mass is 16.5. The van der Waals surface area contributed by atoms with E-state index in [-0.39, 0.29) is 12.6 Å². The van der Waals surface area contributed by atoms with Crippen molar-refractivity contribution in [1.82, 2.24) is 20.4 Å². The average molecular weight is 351 g/mol. The Morgan fingerprint density at radius 2 is 2.08 bits per heavy atom. The zero-order valence-corrected chi connectivity index (χ0v) is 14.4. The first-order valence-electron chi connectivity index (χ1n) is 9.00. The number of anilines is 1. The summed E-state index contributed by atoms with van der Waals surface area (Å²) in [7, 11) is 0. The molecule has 2 heterocycles. The summed E-state index contributed by atoms with van der Waals surface area (Å²) in [6, 6.07) is 7.26. The molecule has 1 saturated carbocycles. The molecule has 7 heteroatoms. The molecule has 1 fully saturated rings. The van der Waals surface area contributed by atoms with Crippen LogP contribution in [0.5, 0.6) is 0 Å². The summed E-state index contributed by atoms with van der Waals surface area (Å²) in [5.74, 6) is 1.59. The summed E-state index contributed by atoms with van der Waals surface area (Å²) < 4.78 is 5.28. The van der Waals surface area contributed by atoms with Gasteiger partial charge in [-0.25, -0.2) is 4.79 Å². The fraction of sp³-hybridized carbons (Fsp3) is 0.368. The highest BCUT2D eigenvalue weighted by Gasteiger charge is 2.21. The van der Waals surface area contributed by atoms with E-state index in [1.807, 2.05) is 24.3 Å². The molecule has 0 saturated heterocycles. The number of aromatic nitrogens is 3. The normalized spacial score (nSPS) is 15.1. The maximum Gasteiger partial charge on any atom is 0.319 e. The van der Waals surface area contributed by atoms with E-state index in [2.05, 4.69) is 25.8 Å². The molecule has 3 aromatic rings. The van der Waals surface area contributed by atoms with Crippen molar-refractivity contribution in [2.45, 2.75) is 44.6 Å². The standard InChI is InChI=1S/C19H21N5O2/c25-19(22-16-8-4-7-14-11-20-10-9-15(14)16)21-12-17-23-18(24-26-17)13-5-2-1-3-6-13/h4,7-11,13H,1-3,5-6,12H2,(H2,21,22,25). The molecule has 0 aliphatic heterocycles. The van der Waals surface area contributed by atoms with E-state index in [0.29, 0.717) is 11.8 Å². The van der Waals surface area contributed by atoms with Crippen LogP contribution < -0.4 is 10.6 Å². The first-order chi connectivity index (χ1) is 12.8. The number of amides is 2. The van der Waals surface area contributed by atoms with Crippen molar-refractivity contribution >= 4 is 22.5 Å². The van der Waals surface area contributed by atoms with Gasteiger partial charge < -0.3 is 15.2 Å². The number of rotatable bonds is 4. The predicted octanol–water partition coefficient (Wildman–Crippen LogP) is 3.99. The molecule has 134 valence electrons. The monoisotopic (exact) mass is 351 g/mol. The first kappa shape index (κ1) is 16.5. The molecular weight excluding hydrogens is 330 g/mol. The van der Waals surface area contributed by atoms with Crippen molar-refractivity contribution in [3.05, 3.63) is 48.4 Å². The minimum absolute atomic E-state index is 0.206. The number of carbonyl (C=O) groups excluding carboxylic acids is 1. The smallest absolute Gasteiger partial charge is 0.319 e. The van der Waals surface area contributed by atoms with Crippen LogP contribution in [0, 0.1) is 0 Å². The van der Waals surface area contributed by atoms with Gasteiger partial charge in [0.25, 0.3) is 0 Å². The summed E-state index contributed by atoms with van der Waals surface area (Å²) in [6.45, 7) is 0.206. The van der Waals surface area contributed by atoms with E-state index in [1.54, 1.807) is 12.4 Å². The Morgan fingerprint density at radius 1 is 1.19 bits per heavy atom. The van der Waals surface area contributed by atoms with E-state index in [0.717, 1.165) is 35.1 Å². The van der Waals surface area contributed by atoms with Crippen LogP contribution in [0.4, 0.5) is 10.5 Å². The van der Waals surface area contributed by atoms with Gasteiger partial charge in [0, 0.05) is 29.1 Å². The van der Waals surface area contributed by atoms with Crippen LogP contribution in [0.25, 0.3) is 10.8 Å². The van der Waals surface area contributed by atoms with Crippen molar-refractivity contribution in [3.63, 3.8) is 0 Å². The molecule has 1 aliphatic rings. The predicted molar refractivity (Wildman–Crippen MR) is 97.7 cm³/mol. The summed E-state index contributed by atoms with van der Waals surface area (Å²) >= 11 is 0. The number of nitrogens with zero attached hydrogens (tertiary/aromatic N) is 3. The Labute approximate surface area is 151 Å². The van der Waals surface area contributed by atoms with Crippen LogP contribution >= 0.6 is 0 Å². The summed E-state index contributed by atoms with van der Waals surface area (Å²) in [5.41, 5.74) is 0.732. The largest absolute Gasteiger partial charge is 0.337 e. The first-order valence-corrected chi connectivity index (χ1v) is 9.00. The number of fused-ring (bicyclic) bond motifs is 1. The fourth-order valence-corrected chi connectivity index (χ4v) is 3.42. The maximum absolute atomic E-state index is 12.2. The highest BCUT2D eigenvalue weighted by molar-refractivity contribution is 6.01. The Bertz CT molecular complexity index is 896. The number of nitrogens with one attached hydrogen (secondary N) is 2. The number of pyridine rings is 1. The Kier molecular flexibility index (Phi) is 4.77. The third-order valence-electron chi connectivity index (χ3n) is 4.78. The molecular formula is C19H21N5O2. The fourth-order valence-electron chi connectivity index (χ4n) is 3.42. The second kappa shape index (κ2) is 7.51. The van der Waals surface area contributed by atoms with E-state index < -0.39 is 0 Å². The van der Waals surface area contributed by atoms with Crippen molar-refractivity contribution in [1.29, 1.82) is 0 Å². The zero-order valence-electron chi connectivity index (χ0n) is 14.4. The van der Waals surface area contributed by atoms with Crippen LogP contribution in [-0.2, 0) is 6.54 Å². The van der Waals surface area contributed by atoms with Gasteiger partial charge in [-0.15, -0.1) is 0 Å². The van der Waals surface area contributed by atoms with Crippen molar-refractivity contribution in [2.24, 2.45) is 0 Å². The molecule has 2 N–H and O–H groups in total. The minimum Gasteiger partial charge on any atom is -0.337 e. The Balaban J connectivity index is 1.36. The van der Waals surface area contributed by atoms with Crippen molar-refractivity contribution in [3.8, 4) is 0 Å². The molecule has 4 rings (SSSR count). The van der Waals surface area contributed by atoms with Crippen LogP contribution in [0.3, 0.4) is 0 Å². The number of hydrogen-bond donors (Lipinski definition) is 2. The van der Waals surface area contributed by atoms with Gasteiger partial charge in [-0.2, -0.15) is 4.98 Å². The van der Waals surface area contributed by atoms with Crippen LogP contribution in [0.15, 0.2) is 41.2 Å². The second-order valence-electron chi connectivity index (χ2n) is 6.59. The van der Waals surface area contributed by atoms with Crippen LogP contribution in [0.1, 0.15) is 49.7 Å². The summed E-state index contributed by atoms with van der Waals surface area (Å²) in [4.78, 5) is 20.7. The molecule has 1 aromatic carbocycles. The number of hydrogen-bond acceptors (Lipinski definition) is 5. The van der Waals surface area contributed by atoms with Gasteiger partial charge in [-0.1, -0.05) is 36.6 Å². The minimum atomic E-state index is -0.313.